The van der Waals surface area contributed by atoms with E-state index in [-0.39, 0.29) is 0 Å². The molecule has 0 heterocycles. The van der Waals surface area contributed by atoms with Crippen molar-refractivity contribution >= 4 is 0 Å². The largest absolute Gasteiger partial charge is 0.378 e. The predicted octanol–water partition coefficient (Wildman–Crippen LogP) is 2.71. The van der Waals surface area contributed by atoms with Crippen LogP contribution >= 0.6 is 0 Å². The van der Waals surface area contributed by atoms with Gasteiger partial charge in [-0.1, -0.05) is 19.8 Å². The Hall–Kier alpha value is -0.0800. The third-order valence-electron chi connectivity index (χ3n) is 3.09. The first-order valence-electron chi connectivity index (χ1n) is 6.14. The fourth-order valence-corrected chi connectivity index (χ4v) is 2.20. The molecule has 0 aliphatic heterocycles. The number of unbranched alkanes of at least 4 members (excludes halogenated alkanes) is 2. The van der Waals surface area contributed by atoms with Gasteiger partial charge in [0.25, 0.3) is 0 Å². The van der Waals surface area contributed by atoms with E-state index in [2.05, 4.69) is 6.92 Å². The molecule has 2 N–H and O–H groups in total. The Morgan fingerprint density at radius 2 is 2.07 bits per heavy atom. The van der Waals surface area contributed by atoms with Crippen molar-refractivity contribution in [3.63, 3.8) is 0 Å². The minimum atomic E-state index is 0.552. The Bertz CT molecular complexity index is 138. The fraction of sp³-hybridized carbons (Fsp3) is 1.00. The first-order valence-corrected chi connectivity index (χ1v) is 6.14. The number of hydrogen-bond donors (Lipinski definition) is 1. The van der Waals surface area contributed by atoms with Crippen molar-refractivity contribution in [1.29, 1.82) is 0 Å². The smallest absolute Gasteiger partial charge is 0.0577 e. The SMILES string of the molecule is CC1CCCC(OCCCCCN)C1. The zero-order valence-electron chi connectivity index (χ0n) is 9.50. The van der Waals surface area contributed by atoms with Gasteiger partial charge in [0, 0.05) is 6.61 Å². The van der Waals surface area contributed by atoms with E-state index in [1.165, 1.54) is 38.5 Å². The van der Waals surface area contributed by atoms with Crippen molar-refractivity contribution in [2.24, 2.45) is 11.7 Å². The Morgan fingerprint density at radius 1 is 1.21 bits per heavy atom. The van der Waals surface area contributed by atoms with E-state index in [1.807, 2.05) is 0 Å². The molecule has 0 aromatic rings. The van der Waals surface area contributed by atoms with Crippen LogP contribution in [0.5, 0.6) is 0 Å². The van der Waals surface area contributed by atoms with Crippen LogP contribution in [0.1, 0.15) is 51.9 Å². The maximum absolute atomic E-state index is 5.86. The molecule has 2 heteroatoms. The van der Waals surface area contributed by atoms with Crippen LogP contribution in [0.25, 0.3) is 0 Å². The lowest BCUT2D eigenvalue weighted by Gasteiger charge is -2.26. The Labute approximate surface area is 88.2 Å². The summed E-state index contributed by atoms with van der Waals surface area (Å²) in [4.78, 5) is 0. The third kappa shape index (κ3) is 4.97. The minimum absolute atomic E-state index is 0.552. The van der Waals surface area contributed by atoms with E-state index in [4.69, 9.17) is 10.5 Å². The van der Waals surface area contributed by atoms with Gasteiger partial charge in [-0.05, 0) is 44.6 Å². The lowest BCUT2D eigenvalue weighted by atomic mass is 9.89. The zero-order valence-corrected chi connectivity index (χ0v) is 9.50. The molecule has 2 atom stereocenters. The third-order valence-corrected chi connectivity index (χ3v) is 3.09. The molecule has 1 aliphatic carbocycles. The average molecular weight is 199 g/mol. The van der Waals surface area contributed by atoms with E-state index in [9.17, 15) is 0 Å². The number of ether oxygens (including phenoxy) is 1. The normalized spacial score (nSPS) is 27.9. The molecule has 2 nitrogen and oxygen atoms in total. The quantitative estimate of drug-likeness (QED) is 0.668. The van der Waals surface area contributed by atoms with Crippen molar-refractivity contribution in [1.82, 2.24) is 0 Å². The van der Waals surface area contributed by atoms with Crippen LogP contribution in [0.4, 0.5) is 0 Å². The molecule has 14 heavy (non-hydrogen) atoms. The van der Waals surface area contributed by atoms with E-state index < -0.39 is 0 Å². The van der Waals surface area contributed by atoms with Crippen molar-refractivity contribution in [2.45, 2.75) is 58.0 Å². The summed E-state index contributed by atoms with van der Waals surface area (Å²) in [7, 11) is 0. The Balaban J connectivity index is 1.95. The van der Waals surface area contributed by atoms with E-state index in [0.717, 1.165) is 25.5 Å². The molecule has 0 aromatic heterocycles. The highest BCUT2D eigenvalue weighted by molar-refractivity contribution is 4.70. The summed E-state index contributed by atoms with van der Waals surface area (Å²) in [6.07, 6.45) is 9.40. The summed E-state index contributed by atoms with van der Waals surface area (Å²) in [5.74, 6) is 0.873. The number of hydrogen-bond acceptors (Lipinski definition) is 2. The molecule has 0 amide bonds. The van der Waals surface area contributed by atoms with E-state index in [1.54, 1.807) is 0 Å². The molecule has 1 rings (SSSR count). The molecule has 0 spiro atoms. The van der Waals surface area contributed by atoms with Gasteiger partial charge in [0.2, 0.25) is 0 Å². The van der Waals surface area contributed by atoms with Gasteiger partial charge in [-0.25, -0.2) is 0 Å². The standard InChI is InChI=1S/C12H25NO/c1-11-6-5-7-12(10-11)14-9-4-2-3-8-13/h11-12H,2-10,13H2,1H3. The van der Waals surface area contributed by atoms with Gasteiger partial charge in [0.15, 0.2) is 0 Å². The molecule has 0 bridgehead atoms. The zero-order chi connectivity index (χ0) is 10.2. The maximum Gasteiger partial charge on any atom is 0.0577 e. The van der Waals surface area contributed by atoms with Crippen LogP contribution in [0, 0.1) is 5.92 Å². The lowest BCUT2D eigenvalue weighted by molar-refractivity contribution is 0.0138. The van der Waals surface area contributed by atoms with Gasteiger partial charge in [-0.3, -0.25) is 0 Å². The first kappa shape index (κ1) is 12.0. The van der Waals surface area contributed by atoms with Crippen molar-refractivity contribution < 1.29 is 4.74 Å². The molecule has 0 aromatic carbocycles. The summed E-state index contributed by atoms with van der Waals surface area (Å²) >= 11 is 0. The van der Waals surface area contributed by atoms with Crippen LogP contribution in [0.3, 0.4) is 0 Å². The molecular formula is C12H25NO. The fourth-order valence-electron chi connectivity index (χ4n) is 2.20. The summed E-state index contributed by atoms with van der Waals surface area (Å²) < 4.78 is 5.86. The monoisotopic (exact) mass is 199 g/mol. The van der Waals surface area contributed by atoms with E-state index >= 15 is 0 Å². The average Bonchev–Trinajstić information content (AvgIpc) is 2.18. The second-order valence-corrected chi connectivity index (χ2v) is 4.61. The molecule has 1 aliphatic rings. The van der Waals surface area contributed by atoms with Crippen LogP contribution in [0.2, 0.25) is 0 Å². The summed E-state index contributed by atoms with van der Waals surface area (Å²) in [5.41, 5.74) is 5.43. The van der Waals surface area contributed by atoms with Gasteiger partial charge >= 0.3 is 0 Å². The van der Waals surface area contributed by atoms with Gasteiger partial charge < -0.3 is 10.5 Å². The molecule has 2 unspecified atom stereocenters. The van der Waals surface area contributed by atoms with Gasteiger partial charge in [0.1, 0.15) is 0 Å². The van der Waals surface area contributed by atoms with Crippen LogP contribution < -0.4 is 5.73 Å². The molecule has 0 saturated heterocycles. The topological polar surface area (TPSA) is 35.2 Å². The van der Waals surface area contributed by atoms with Crippen molar-refractivity contribution in [2.75, 3.05) is 13.2 Å². The maximum atomic E-state index is 5.86. The predicted molar refractivity (Wildman–Crippen MR) is 60.3 cm³/mol. The summed E-state index contributed by atoms with van der Waals surface area (Å²) in [5, 5.41) is 0. The Kier molecular flexibility index (Phi) is 6.20. The highest BCUT2D eigenvalue weighted by Crippen LogP contribution is 2.25. The molecular weight excluding hydrogens is 174 g/mol. The van der Waals surface area contributed by atoms with Crippen LogP contribution in [0.15, 0.2) is 0 Å². The van der Waals surface area contributed by atoms with Crippen LogP contribution in [-0.2, 0) is 4.74 Å². The second kappa shape index (κ2) is 7.24. The summed E-state index contributed by atoms with van der Waals surface area (Å²) in [6, 6.07) is 0. The second-order valence-electron chi connectivity index (χ2n) is 4.61. The number of rotatable bonds is 6. The molecule has 84 valence electrons. The first-order chi connectivity index (χ1) is 6.83. The highest BCUT2D eigenvalue weighted by Gasteiger charge is 2.18. The van der Waals surface area contributed by atoms with Crippen molar-refractivity contribution in [3.8, 4) is 0 Å². The minimum Gasteiger partial charge on any atom is -0.378 e. The summed E-state index contributed by atoms with van der Waals surface area (Å²) in [6.45, 7) is 4.10. The Morgan fingerprint density at radius 3 is 2.79 bits per heavy atom. The van der Waals surface area contributed by atoms with Crippen molar-refractivity contribution in [3.05, 3.63) is 0 Å². The lowest BCUT2D eigenvalue weighted by Crippen LogP contribution is -2.21. The van der Waals surface area contributed by atoms with E-state index in [0.29, 0.717) is 6.10 Å². The molecule has 0 radical (unpaired) electrons. The van der Waals surface area contributed by atoms with Crippen LogP contribution in [-0.4, -0.2) is 19.3 Å². The van der Waals surface area contributed by atoms with Gasteiger partial charge in [0.05, 0.1) is 6.10 Å². The van der Waals surface area contributed by atoms with Gasteiger partial charge in [-0.15, -0.1) is 0 Å². The van der Waals surface area contributed by atoms with Gasteiger partial charge in [-0.2, -0.15) is 0 Å². The molecule has 1 fully saturated rings. The molecule has 1 saturated carbocycles. The highest BCUT2D eigenvalue weighted by atomic mass is 16.5. The number of nitrogens with two attached hydrogens (primary N) is 1.